The van der Waals surface area contributed by atoms with Crippen molar-refractivity contribution in [2.24, 2.45) is 5.92 Å². The van der Waals surface area contributed by atoms with Gasteiger partial charge in [-0.05, 0) is 25.9 Å². The van der Waals surface area contributed by atoms with Crippen LogP contribution >= 0.6 is 11.3 Å². The first kappa shape index (κ1) is 10.1. The lowest BCUT2D eigenvalue weighted by molar-refractivity contribution is 0.285. The monoisotopic (exact) mass is 212 g/mol. The molecule has 1 aromatic rings. The van der Waals surface area contributed by atoms with E-state index in [0.717, 1.165) is 17.2 Å². The molecule has 1 unspecified atom stereocenters. The summed E-state index contributed by atoms with van der Waals surface area (Å²) < 4.78 is 0. The molecule has 1 saturated heterocycles. The summed E-state index contributed by atoms with van der Waals surface area (Å²) in [6, 6.07) is 0. The highest BCUT2D eigenvalue weighted by atomic mass is 32.1. The minimum absolute atomic E-state index is 0.127. The normalized spacial score (nSPS) is 23.1. The summed E-state index contributed by atoms with van der Waals surface area (Å²) in [5, 5.41) is 10.1. The largest absolute Gasteiger partial charge is 0.391 e. The van der Waals surface area contributed by atoms with E-state index in [9.17, 15) is 0 Å². The van der Waals surface area contributed by atoms with E-state index in [1.807, 2.05) is 0 Å². The minimum atomic E-state index is 0.127. The highest BCUT2D eigenvalue weighted by molar-refractivity contribution is 7.11. The molecule has 0 spiro atoms. The fraction of sp³-hybridized carbons (Fsp3) is 0.700. The summed E-state index contributed by atoms with van der Waals surface area (Å²) >= 11 is 1.64. The Morgan fingerprint density at radius 1 is 1.71 bits per heavy atom. The molecule has 2 heterocycles. The van der Waals surface area contributed by atoms with E-state index in [1.165, 1.54) is 24.5 Å². The number of hydrogen-bond acceptors (Lipinski definition) is 4. The molecule has 1 atom stereocenters. The number of nitrogens with zero attached hydrogens (tertiary/aromatic N) is 2. The van der Waals surface area contributed by atoms with E-state index in [4.69, 9.17) is 5.11 Å². The fourth-order valence-electron chi connectivity index (χ4n) is 1.96. The lowest BCUT2D eigenvalue weighted by atomic mass is 10.1. The maximum absolute atomic E-state index is 8.92. The summed E-state index contributed by atoms with van der Waals surface area (Å²) in [4.78, 5) is 7.66. The van der Waals surface area contributed by atoms with Crippen LogP contribution in [0, 0.1) is 5.92 Å². The van der Waals surface area contributed by atoms with Crippen LogP contribution in [0.25, 0.3) is 0 Å². The maximum Gasteiger partial charge on any atom is 0.0931 e. The van der Waals surface area contributed by atoms with E-state index >= 15 is 0 Å². The van der Waals surface area contributed by atoms with Crippen molar-refractivity contribution in [3.8, 4) is 0 Å². The summed E-state index contributed by atoms with van der Waals surface area (Å²) in [7, 11) is 2.17. The van der Waals surface area contributed by atoms with Crippen molar-refractivity contribution in [2.75, 3.05) is 20.1 Å². The second-order valence-corrected chi connectivity index (χ2v) is 5.20. The predicted octanol–water partition coefficient (Wildman–Crippen LogP) is 1.13. The van der Waals surface area contributed by atoms with E-state index in [1.54, 1.807) is 17.5 Å². The lowest BCUT2D eigenvalue weighted by Crippen LogP contribution is -2.14. The number of hydrogen-bond donors (Lipinski definition) is 1. The van der Waals surface area contributed by atoms with Crippen molar-refractivity contribution < 1.29 is 5.11 Å². The van der Waals surface area contributed by atoms with Crippen LogP contribution in [0.3, 0.4) is 0 Å². The van der Waals surface area contributed by atoms with Crippen molar-refractivity contribution in [2.45, 2.75) is 19.4 Å². The Kier molecular flexibility index (Phi) is 3.15. The maximum atomic E-state index is 8.92. The number of thiazole rings is 1. The van der Waals surface area contributed by atoms with E-state index in [0.29, 0.717) is 0 Å². The van der Waals surface area contributed by atoms with Gasteiger partial charge < -0.3 is 10.0 Å². The van der Waals surface area contributed by atoms with Gasteiger partial charge in [0, 0.05) is 19.2 Å². The van der Waals surface area contributed by atoms with Gasteiger partial charge >= 0.3 is 0 Å². The fourth-order valence-corrected chi connectivity index (χ4v) is 2.85. The molecule has 2 rings (SSSR count). The van der Waals surface area contributed by atoms with Gasteiger partial charge in [-0.2, -0.15) is 0 Å². The number of aliphatic hydroxyl groups is 1. The second kappa shape index (κ2) is 4.38. The van der Waals surface area contributed by atoms with Crippen LogP contribution in [0.15, 0.2) is 6.20 Å². The van der Waals surface area contributed by atoms with Crippen molar-refractivity contribution in [3.63, 3.8) is 0 Å². The third-order valence-electron chi connectivity index (χ3n) is 2.71. The van der Waals surface area contributed by atoms with Gasteiger partial charge in [-0.3, -0.25) is 0 Å². The highest BCUT2D eigenvalue weighted by Gasteiger charge is 2.20. The van der Waals surface area contributed by atoms with Gasteiger partial charge in [-0.1, -0.05) is 0 Å². The lowest BCUT2D eigenvalue weighted by Gasteiger charge is -2.07. The molecule has 78 valence electrons. The molecule has 0 amide bonds. The molecule has 1 aromatic heterocycles. The van der Waals surface area contributed by atoms with E-state index < -0.39 is 0 Å². The molecule has 1 aliphatic heterocycles. The van der Waals surface area contributed by atoms with Gasteiger partial charge in [0.15, 0.2) is 0 Å². The average molecular weight is 212 g/mol. The van der Waals surface area contributed by atoms with Crippen LogP contribution in [0.4, 0.5) is 0 Å². The number of rotatable bonds is 3. The molecule has 0 bridgehead atoms. The predicted molar refractivity (Wildman–Crippen MR) is 57.3 cm³/mol. The van der Waals surface area contributed by atoms with Crippen LogP contribution in [-0.2, 0) is 13.0 Å². The number of aromatic nitrogens is 1. The van der Waals surface area contributed by atoms with Crippen LogP contribution in [-0.4, -0.2) is 35.1 Å². The molecule has 1 N–H and O–H groups in total. The zero-order valence-corrected chi connectivity index (χ0v) is 9.26. The first-order chi connectivity index (χ1) is 6.78. The standard InChI is InChI=1S/C10H16N2OS/c1-12-3-2-8(6-12)4-10-11-5-9(7-13)14-10/h5,8,13H,2-4,6-7H2,1H3. The summed E-state index contributed by atoms with van der Waals surface area (Å²) in [6.45, 7) is 2.53. The molecule has 0 aliphatic carbocycles. The average Bonchev–Trinajstić information content (AvgIpc) is 2.76. The van der Waals surface area contributed by atoms with Crippen molar-refractivity contribution in [1.29, 1.82) is 0 Å². The van der Waals surface area contributed by atoms with Crippen LogP contribution in [0.5, 0.6) is 0 Å². The molecule has 0 radical (unpaired) electrons. The Morgan fingerprint density at radius 2 is 2.57 bits per heavy atom. The topological polar surface area (TPSA) is 36.4 Å². The Morgan fingerprint density at radius 3 is 3.14 bits per heavy atom. The molecule has 14 heavy (non-hydrogen) atoms. The molecular formula is C10H16N2OS. The van der Waals surface area contributed by atoms with E-state index in [2.05, 4.69) is 16.9 Å². The van der Waals surface area contributed by atoms with Crippen LogP contribution < -0.4 is 0 Å². The third-order valence-corrected chi connectivity index (χ3v) is 3.71. The van der Waals surface area contributed by atoms with Gasteiger partial charge in [-0.25, -0.2) is 4.98 Å². The van der Waals surface area contributed by atoms with Gasteiger partial charge in [0.05, 0.1) is 16.5 Å². The first-order valence-corrected chi connectivity index (χ1v) is 5.82. The molecule has 0 aromatic carbocycles. The molecule has 4 heteroatoms. The number of likely N-dealkylation sites (tertiary alicyclic amines) is 1. The van der Waals surface area contributed by atoms with Gasteiger partial charge in [-0.15, -0.1) is 11.3 Å². The van der Waals surface area contributed by atoms with Gasteiger partial charge in [0.25, 0.3) is 0 Å². The Bertz CT molecular complexity index is 300. The third kappa shape index (κ3) is 2.32. The van der Waals surface area contributed by atoms with Crippen LogP contribution in [0.1, 0.15) is 16.3 Å². The minimum Gasteiger partial charge on any atom is -0.391 e. The summed E-state index contributed by atoms with van der Waals surface area (Å²) in [6.07, 6.45) is 4.15. The molecule has 0 saturated carbocycles. The van der Waals surface area contributed by atoms with Crippen molar-refractivity contribution in [1.82, 2.24) is 9.88 Å². The molecule has 1 fully saturated rings. The molecular weight excluding hydrogens is 196 g/mol. The SMILES string of the molecule is CN1CCC(Cc2ncc(CO)s2)C1. The van der Waals surface area contributed by atoms with Crippen molar-refractivity contribution in [3.05, 3.63) is 16.1 Å². The van der Waals surface area contributed by atoms with E-state index in [-0.39, 0.29) is 6.61 Å². The zero-order chi connectivity index (χ0) is 9.97. The summed E-state index contributed by atoms with van der Waals surface area (Å²) in [5.74, 6) is 0.762. The molecule has 1 aliphatic rings. The highest BCUT2D eigenvalue weighted by Crippen LogP contribution is 2.22. The van der Waals surface area contributed by atoms with Crippen LogP contribution in [0.2, 0.25) is 0 Å². The Hall–Kier alpha value is -0.450. The van der Waals surface area contributed by atoms with Crippen molar-refractivity contribution >= 4 is 11.3 Å². The summed E-state index contributed by atoms with van der Waals surface area (Å²) in [5.41, 5.74) is 0. The van der Waals surface area contributed by atoms with Gasteiger partial charge in [0.2, 0.25) is 0 Å². The quantitative estimate of drug-likeness (QED) is 0.816. The second-order valence-electron chi connectivity index (χ2n) is 4.00. The Balaban J connectivity index is 1.90. The Labute approximate surface area is 88.4 Å². The smallest absolute Gasteiger partial charge is 0.0931 e. The molecule has 3 nitrogen and oxygen atoms in total. The first-order valence-electron chi connectivity index (χ1n) is 5.01. The zero-order valence-electron chi connectivity index (χ0n) is 8.44. The van der Waals surface area contributed by atoms with Gasteiger partial charge in [0.1, 0.15) is 0 Å². The number of aliphatic hydroxyl groups excluding tert-OH is 1.